The SMILES string of the molecule is COc1cc([C@@H](C(=O)NC[C@H]2CCCO2)N(Cc2cccs2)C(=O)Cn2nnc3ccccc32)cc(OC)c1OC. The molecule has 0 spiro atoms. The van der Waals surface area contributed by atoms with E-state index in [9.17, 15) is 9.59 Å². The van der Waals surface area contributed by atoms with Crippen molar-refractivity contribution in [2.75, 3.05) is 34.5 Å². The minimum atomic E-state index is -1.02. The lowest BCUT2D eigenvalue weighted by Crippen LogP contribution is -2.46. The quantitative estimate of drug-likeness (QED) is 0.271. The monoisotopic (exact) mass is 579 g/mol. The van der Waals surface area contributed by atoms with Crippen LogP contribution in [-0.4, -0.2) is 72.3 Å². The topological polar surface area (TPSA) is 117 Å². The number of rotatable bonds is 12. The minimum Gasteiger partial charge on any atom is -0.493 e. The van der Waals surface area contributed by atoms with E-state index in [1.165, 1.54) is 32.7 Å². The summed E-state index contributed by atoms with van der Waals surface area (Å²) in [5.74, 6) is 0.500. The number of para-hydroxylation sites is 1. The largest absolute Gasteiger partial charge is 0.493 e. The van der Waals surface area contributed by atoms with Gasteiger partial charge in [0.25, 0.3) is 0 Å². The van der Waals surface area contributed by atoms with Crippen molar-refractivity contribution in [3.63, 3.8) is 0 Å². The van der Waals surface area contributed by atoms with Crippen LogP contribution in [-0.2, 0) is 27.4 Å². The lowest BCUT2D eigenvalue weighted by molar-refractivity contribution is -0.142. The molecule has 4 aromatic rings. The van der Waals surface area contributed by atoms with Gasteiger partial charge in [-0.1, -0.05) is 23.4 Å². The zero-order chi connectivity index (χ0) is 28.8. The van der Waals surface area contributed by atoms with Crippen molar-refractivity contribution in [3.8, 4) is 17.2 Å². The number of fused-ring (bicyclic) bond motifs is 1. The Morgan fingerprint density at radius 3 is 2.56 bits per heavy atom. The molecule has 1 aliphatic heterocycles. The first-order valence-electron chi connectivity index (χ1n) is 13.3. The fourth-order valence-corrected chi connectivity index (χ4v) is 5.70. The summed E-state index contributed by atoms with van der Waals surface area (Å²) in [7, 11) is 4.54. The molecule has 1 saturated heterocycles. The summed E-state index contributed by atoms with van der Waals surface area (Å²) < 4.78 is 24.0. The van der Waals surface area contributed by atoms with Crippen molar-refractivity contribution in [1.82, 2.24) is 25.2 Å². The van der Waals surface area contributed by atoms with Crippen LogP contribution in [0.2, 0.25) is 0 Å². The van der Waals surface area contributed by atoms with Gasteiger partial charge in [0.1, 0.15) is 18.1 Å². The molecule has 11 nitrogen and oxygen atoms in total. The standard InChI is InChI=1S/C29H33N5O6S/c1-37-24-14-19(15-25(38-2)28(24)39-3)27(29(36)30-16-20-8-6-12-40-20)33(17-21-9-7-13-41-21)26(35)18-34-23-11-5-4-10-22(23)31-32-34/h4-5,7,9-11,13-15,20,27H,6,8,12,16-18H2,1-3H3,(H,30,36)/t20-,27+/m1/s1. The third-order valence-electron chi connectivity index (χ3n) is 7.02. The van der Waals surface area contributed by atoms with E-state index < -0.39 is 6.04 Å². The second-order valence-electron chi connectivity index (χ2n) is 9.58. The second-order valence-corrected chi connectivity index (χ2v) is 10.6. The molecule has 0 aliphatic carbocycles. The van der Waals surface area contributed by atoms with Gasteiger partial charge in [-0.2, -0.15) is 0 Å². The van der Waals surface area contributed by atoms with Crippen LogP contribution in [0, 0.1) is 0 Å². The van der Waals surface area contributed by atoms with Crippen LogP contribution < -0.4 is 19.5 Å². The molecule has 12 heteroatoms. The predicted molar refractivity (Wildman–Crippen MR) is 153 cm³/mol. The second kappa shape index (κ2) is 13.0. The Balaban J connectivity index is 1.56. The molecule has 0 bridgehead atoms. The van der Waals surface area contributed by atoms with E-state index in [4.69, 9.17) is 18.9 Å². The van der Waals surface area contributed by atoms with Crippen molar-refractivity contribution in [2.45, 2.75) is 38.1 Å². The third kappa shape index (κ3) is 6.28. The number of hydrogen-bond donors (Lipinski definition) is 1. The number of nitrogens with one attached hydrogen (secondary N) is 1. The number of hydrogen-bond acceptors (Lipinski definition) is 9. The molecular weight excluding hydrogens is 546 g/mol. The Labute approximate surface area is 241 Å². The molecule has 1 N–H and O–H groups in total. The Bertz CT molecular complexity index is 1460. The first kappa shape index (κ1) is 28.4. The van der Waals surface area contributed by atoms with E-state index in [0.717, 1.165) is 23.2 Å². The van der Waals surface area contributed by atoms with Crippen LogP contribution in [0.15, 0.2) is 53.9 Å². The van der Waals surface area contributed by atoms with E-state index >= 15 is 0 Å². The number of aromatic nitrogens is 3. The van der Waals surface area contributed by atoms with Crippen LogP contribution in [0.5, 0.6) is 17.2 Å². The molecule has 0 unspecified atom stereocenters. The molecule has 1 fully saturated rings. The van der Waals surface area contributed by atoms with Gasteiger partial charge in [-0.15, -0.1) is 16.4 Å². The van der Waals surface area contributed by atoms with E-state index in [0.29, 0.717) is 41.5 Å². The lowest BCUT2D eigenvalue weighted by atomic mass is 10.0. The molecule has 2 aromatic carbocycles. The number of methoxy groups -OCH3 is 3. The van der Waals surface area contributed by atoms with Crippen molar-refractivity contribution in [1.29, 1.82) is 0 Å². The molecule has 2 amide bonds. The molecule has 1 aliphatic rings. The highest BCUT2D eigenvalue weighted by Crippen LogP contribution is 2.41. The summed E-state index contributed by atoms with van der Waals surface area (Å²) in [6.45, 7) is 1.11. The van der Waals surface area contributed by atoms with Gasteiger partial charge >= 0.3 is 0 Å². The number of carbonyl (C=O) groups is 2. The number of carbonyl (C=O) groups excluding carboxylic acids is 2. The highest BCUT2D eigenvalue weighted by atomic mass is 32.1. The van der Waals surface area contributed by atoms with Gasteiger partial charge in [-0.25, -0.2) is 4.68 Å². The van der Waals surface area contributed by atoms with Gasteiger partial charge in [-0.3, -0.25) is 9.59 Å². The highest BCUT2D eigenvalue weighted by molar-refractivity contribution is 7.09. The highest BCUT2D eigenvalue weighted by Gasteiger charge is 2.34. The average molecular weight is 580 g/mol. The maximum atomic E-state index is 14.1. The van der Waals surface area contributed by atoms with Crippen molar-refractivity contribution in [3.05, 3.63) is 64.4 Å². The Morgan fingerprint density at radius 1 is 1.12 bits per heavy atom. The predicted octanol–water partition coefficient (Wildman–Crippen LogP) is 3.58. The van der Waals surface area contributed by atoms with Crippen LogP contribution in [0.25, 0.3) is 11.0 Å². The van der Waals surface area contributed by atoms with Gasteiger partial charge in [0.15, 0.2) is 11.5 Å². The van der Waals surface area contributed by atoms with Gasteiger partial charge in [0.2, 0.25) is 17.6 Å². The van der Waals surface area contributed by atoms with Gasteiger partial charge < -0.3 is 29.2 Å². The number of benzene rings is 2. The average Bonchev–Trinajstić information content (AvgIpc) is 3.78. The summed E-state index contributed by atoms with van der Waals surface area (Å²) in [4.78, 5) is 30.7. The summed E-state index contributed by atoms with van der Waals surface area (Å²) >= 11 is 1.51. The summed E-state index contributed by atoms with van der Waals surface area (Å²) in [5, 5.41) is 13.4. The first-order chi connectivity index (χ1) is 20.0. The van der Waals surface area contributed by atoms with Crippen LogP contribution in [0.3, 0.4) is 0 Å². The molecule has 41 heavy (non-hydrogen) atoms. The number of ether oxygens (including phenoxy) is 4. The fraction of sp³-hybridized carbons (Fsp3) is 0.379. The molecular formula is C29H33N5O6S. The molecule has 5 rings (SSSR count). The zero-order valence-corrected chi connectivity index (χ0v) is 24.1. The third-order valence-corrected chi connectivity index (χ3v) is 7.88. The molecule has 2 atom stereocenters. The first-order valence-corrected chi connectivity index (χ1v) is 14.2. The van der Waals surface area contributed by atoms with Crippen LogP contribution in [0.1, 0.15) is 29.3 Å². The van der Waals surface area contributed by atoms with Gasteiger partial charge in [0.05, 0.1) is 39.5 Å². The van der Waals surface area contributed by atoms with Gasteiger partial charge in [-0.05, 0) is 54.1 Å². The summed E-state index contributed by atoms with van der Waals surface area (Å²) in [6, 6.07) is 13.7. The van der Waals surface area contributed by atoms with Gasteiger partial charge in [0, 0.05) is 18.0 Å². The van der Waals surface area contributed by atoms with Crippen LogP contribution >= 0.6 is 11.3 Å². The Hall–Kier alpha value is -4.16. The summed E-state index contributed by atoms with van der Waals surface area (Å²) in [5.41, 5.74) is 1.92. The van der Waals surface area contributed by atoms with E-state index in [2.05, 4.69) is 15.6 Å². The smallest absolute Gasteiger partial charge is 0.247 e. The Kier molecular flexibility index (Phi) is 9.00. The molecule has 216 valence electrons. The molecule has 2 aromatic heterocycles. The maximum absolute atomic E-state index is 14.1. The number of amides is 2. The number of nitrogens with zero attached hydrogens (tertiary/aromatic N) is 4. The lowest BCUT2D eigenvalue weighted by Gasteiger charge is -2.32. The summed E-state index contributed by atoms with van der Waals surface area (Å²) in [6.07, 6.45) is 1.75. The normalized spacial score (nSPS) is 15.4. The Morgan fingerprint density at radius 2 is 1.90 bits per heavy atom. The van der Waals surface area contributed by atoms with Crippen molar-refractivity contribution >= 4 is 34.2 Å². The fourth-order valence-electron chi connectivity index (χ4n) is 5.00. The van der Waals surface area contributed by atoms with Crippen molar-refractivity contribution in [2.24, 2.45) is 0 Å². The zero-order valence-electron chi connectivity index (χ0n) is 23.2. The molecule has 0 saturated carbocycles. The minimum absolute atomic E-state index is 0.0671. The van der Waals surface area contributed by atoms with E-state index in [-0.39, 0.29) is 31.0 Å². The van der Waals surface area contributed by atoms with E-state index in [1.54, 1.807) is 21.7 Å². The van der Waals surface area contributed by atoms with Crippen LogP contribution in [0.4, 0.5) is 0 Å². The molecule has 0 radical (unpaired) electrons. The maximum Gasteiger partial charge on any atom is 0.247 e. The molecule has 3 heterocycles. The number of thiophene rings is 1. The van der Waals surface area contributed by atoms with E-state index in [1.807, 2.05) is 41.8 Å². The van der Waals surface area contributed by atoms with Crippen molar-refractivity contribution < 1.29 is 28.5 Å².